The second kappa shape index (κ2) is 7.46. The number of nitrogens with one attached hydrogen (secondary N) is 2. The van der Waals surface area contributed by atoms with Crippen LogP contribution in [-0.2, 0) is 16.6 Å². The van der Waals surface area contributed by atoms with Gasteiger partial charge in [-0.25, -0.2) is 18.1 Å². The Bertz CT molecular complexity index is 1000. The molecule has 0 aliphatic rings. The number of carbonyl (C=O) groups excluding carboxylic acids is 1. The topological polar surface area (TPSA) is 114 Å². The van der Waals surface area contributed by atoms with Gasteiger partial charge in [-0.3, -0.25) is 9.78 Å². The highest BCUT2D eigenvalue weighted by Gasteiger charge is 2.16. The van der Waals surface area contributed by atoms with E-state index in [9.17, 15) is 13.2 Å². The van der Waals surface area contributed by atoms with Gasteiger partial charge in [-0.1, -0.05) is 6.07 Å². The summed E-state index contributed by atoms with van der Waals surface area (Å²) in [7, 11) is -3.75. The zero-order valence-electron chi connectivity index (χ0n) is 13.8. The normalized spacial score (nSPS) is 11.3. The Balaban J connectivity index is 1.72. The van der Waals surface area contributed by atoms with Crippen LogP contribution in [0.4, 0.5) is 5.69 Å². The lowest BCUT2D eigenvalue weighted by molar-refractivity contribution is 0.102. The van der Waals surface area contributed by atoms with Gasteiger partial charge in [0.15, 0.2) is 0 Å². The highest BCUT2D eigenvalue weighted by molar-refractivity contribution is 7.89. The minimum atomic E-state index is -3.75. The van der Waals surface area contributed by atoms with Gasteiger partial charge in [0.1, 0.15) is 11.5 Å². The lowest BCUT2D eigenvalue weighted by atomic mass is 10.3. The van der Waals surface area contributed by atoms with E-state index in [1.165, 1.54) is 36.9 Å². The molecule has 0 saturated heterocycles. The molecule has 0 saturated carbocycles. The Morgan fingerprint density at radius 1 is 1.15 bits per heavy atom. The number of benzene rings is 1. The van der Waals surface area contributed by atoms with Crippen molar-refractivity contribution < 1.29 is 17.6 Å². The van der Waals surface area contributed by atoms with Gasteiger partial charge in [0.05, 0.1) is 29.6 Å². The molecule has 0 radical (unpaired) electrons. The molecular weight excluding hydrogens is 356 g/mol. The number of amides is 1. The fraction of sp³-hybridized carbons (Fsp3) is 0.118. The van der Waals surface area contributed by atoms with Gasteiger partial charge in [-0.15, -0.1) is 0 Å². The fourth-order valence-corrected chi connectivity index (χ4v) is 3.15. The van der Waals surface area contributed by atoms with Crippen molar-refractivity contribution in [1.29, 1.82) is 0 Å². The van der Waals surface area contributed by atoms with Crippen LogP contribution in [0.1, 0.15) is 21.9 Å². The summed E-state index contributed by atoms with van der Waals surface area (Å²) in [6, 6.07) is 9.27. The van der Waals surface area contributed by atoms with Crippen molar-refractivity contribution in [2.45, 2.75) is 18.4 Å². The number of hydrogen-bond acceptors (Lipinski definition) is 6. The smallest absolute Gasteiger partial charge is 0.275 e. The Kier molecular flexibility index (Phi) is 5.10. The van der Waals surface area contributed by atoms with Gasteiger partial charge in [-0.2, -0.15) is 0 Å². The number of hydrogen-bond donors (Lipinski definition) is 2. The number of nitrogens with zero attached hydrogens (tertiary/aromatic N) is 2. The summed E-state index contributed by atoms with van der Waals surface area (Å²) in [5.41, 5.74) is 1.16. The van der Waals surface area contributed by atoms with E-state index in [-0.39, 0.29) is 17.1 Å². The van der Waals surface area contributed by atoms with Crippen LogP contribution in [0.3, 0.4) is 0 Å². The van der Waals surface area contributed by atoms with E-state index in [2.05, 4.69) is 20.0 Å². The molecular formula is C17H16N4O4S. The van der Waals surface area contributed by atoms with Crippen LogP contribution in [0.15, 0.2) is 64.4 Å². The number of aryl methyl sites for hydroxylation is 1. The van der Waals surface area contributed by atoms with E-state index < -0.39 is 15.9 Å². The quantitative estimate of drug-likeness (QED) is 0.685. The van der Waals surface area contributed by atoms with E-state index in [0.717, 1.165) is 0 Å². The fourth-order valence-electron chi connectivity index (χ4n) is 2.11. The van der Waals surface area contributed by atoms with E-state index in [4.69, 9.17) is 4.42 Å². The van der Waals surface area contributed by atoms with Gasteiger partial charge >= 0.3 is 0 Å². The summed E-state index contributed by atoms with van der Waals surface area (Å²) in [6.07, 6.45) is 4.30. The standard InChI is InChI=1S/C17H16N4O4S/c1-12-9-19-16(11-18-12)17(22)21-13-4-2-6-15(8-13)26(23,24)20-10-14-5-3-7-25-14/h2-9,11,20H,10H2,1H3,(H,21,22). The van der Waals surface area contributed by atoms with Crippen LogP contribution in [-0.4, -0.2) is 24.3 Å². The maximum absolute atomic E-state index is 12.4. The highest BCUT2D eigenvalue weighted by Crippen LogP contribution is 2.16. The first-order valence-electron chi connectivity index (χ1n) is 7.66. The first kappa shape index (κ1) is 17.8. The first-order chi connectivity index (χ1) is 12.4. The van der Waals surface area contributed by atoms with Crippen LogP contribution in [0.5, 0.6) is 0 Å². The summed E-state index contributed by atoms with van der Waals surface area (Å²) < 4.78 is 32.3. The molecule has 8 nitrogen and oxygen atoms in total. The second-order valence-corrected chi connectivity index (χ2v) is 7.20. The van der Waals surface area contributed by atoms with Crippen LogP contribution in [0, 0.1) is 6.92 Å². The van der Waals surface area contributed by atoms with Crippen molar-refractivity contribution >= 4 is 21.6 Å². The van der Waals surface area contributed by atoms with Crippen molar-refractivity contribution in [1.82, 2.24) is 14.7 Å². The van der Waals surface area contributed by atoms with Crippen molar-refractivity contribution in [3.05, 3.63) is 72.2 Å². The van der Waals surface area contributed by atoms with Gasteiger partial charge in [0.2, 0.25) is 10.0 Å². The Morgan fingerprint density at radius 2 is 2.00 bits per heavy atom. The van der Waals surface area contributed by atoms with E-state index in [0.29, 0.717) is 17.1 Å². The molecule has 134 valence electrons. The summed E-state index contributed by atoms with van der Waals surface area (Å²) >= 11 is 0. The highest BCUT2D eigenvalue weighted by atomic mass is 32.2. The average molecular weight is 372 g/mol. The third kappa shape index (κ3) is 4.32. The monoisotopic (exact) mass is 372 g/mol. The molecule has 9 heteroatoms. The van der Waals surface area contributed by atoms with Crippen LogP contribution in [0.25, 0.3) is 0 Å². The largest absolute Gasteiger partial charge is 0.468 e. The summed E-state index contributed by atoms with van der Waals surface area (Å²) in [5, 5.41) is 2.61. The van der Waals surface area contributed by atoms with Gasteiger partial charge < -0.3 is 9.73 Å². The number of sulfonamides is 1. The van der Waals surface area contributed by atoms with E-state index in [1.807, 2.05) is 0 Å². The average Bonchev–Trinajstić information content (AvgIpc) is 3.14. The van der Waals surface area contributed by atoms with Gasteiger partial charge in [0.25, 0.3) is 5.91 Å². The maximum atomic E-state index is 12.4. The Morgan fingerprint density at radius 3 is 2.69 bits per heavy atom. The molecule has 2 heterocycles. The molecule has 0 unspecified atom stereocenters. The number of anilines is 1. The minimum absolute atomic E-state index is 0.0249. The molecule has 0 aliphatic carbocycles. The number of aromatic nitrogens is 2. The first-order valence-corrected chi connectivity index (χ1v) is 9.14. The molecule has 3 rings (SSSR count). The van der Waals surface area contributed by atoms with Crippen molar-refractivity contribution in [3.63, 3.8) is 0 Å². The molecule has 3 aromatic rings. The maximum Gasteiger partial charge on any atom is 0.275 e. The molecule has 0 bridgehead atoms. The summed E-state index contributed by atoms with van der Waals surface area (Å²) in [5.74, 6) is 0.0200. The van der Waals surface area contributed by atoms with E-state index >= 15 is 0 Å². The van der Waals surface area contributed by atoms with Gasteiger partial charge in [-0.05, 0) is 37.3 Å². The lowest BCUT2D eigenvalue weighted by Gasteiger charge is -2.09. The molecule has 26 heavy (non-hydrogen) atoms. The zero-order chi connectivity index (χ0) is 18.6. The molecule has 0 fully saturated rings. The van der Waals surface area contributed by atoms with Crippen molar-refractivity contribution in [3.8, 4) is 0 Å². The number of rotatable bonds is 6. The van der Waals surface area contributed by atoms with E-state index in [1.54, 1.807) is 25.1 Å². The zero-order valence-corrected chi connectivity index (χ0v) is 14.7. The third-order valence-corrected chi connectivity index (χ3v) is 4.83. The predicted octanol–water partition coefficient (Wildman–Crippen LogP) is 2.11. The summed E-state index contributed by atoms with van der Waals surface area (Å²) in [6.45, 7) is 1.80. The lowest BCUT2D eigenvalue weighted by Crippen LogP contribution is -2.23. The molecule has 0 spiro atoms. The number of carbonyl (C=O) groups is 1. The predicted molar refractivity (Wildman–Crippen MR) is 93.9 cm³/mol. The molecule has 1 aromatic carbocycles. The molecule has 2 aromatic heterocycles. The van der Waals surface area contributed by atoms with Gasteiger partial charge in [0, 0.05) is 11.9 Å². The molecule has 0 aliphatic heterocycles. The third-order valence-electron chi connectivity index (χ3n) is 3.43. The molecule has 2 N–H and O–H groups in total. The SMILES string of the molecule is Cc1cnc(C(=O)Nc2cccc(S(=O)(=O)NCc3ccco3)c2)cn1. The summed E-state index contributed by atoms with van der Waals surface area (Å²) in [4.78, 5) is 20.2. The van der Waals surface area contributed by atoms with Crippen molar-refractivity contribution in [2.24, 2.45) is 0 Å². The number of furan rings is 1. The Hall–Kier alpha value is -3.04. The second-order valence-electron chi connectivity index (χ2n) is 5.43. The minimum Gasteiger partial charge on any atom is -0.468 e. The molecule has 1 amide bonds. The van der Waals surface area contributed by atoms with Crippen LogP contribution in [0.2, 0.25) is 0 Å². The van der Waals surface area contributed by atoms with Crippen molar-refractivity contribution in [2.75, 3.05) is 5.32 Å². The van der Waals surface area contributed by atoms with Crippen LogP contribution >= 0.6 is 0 Å². The molecule has 0 atom stereocenters. The Labute approximate surface area is 150 Å². The van der Waals surface area contributed by atoms with Crippen LogP contribution < -0.4 is 10.0 Å².